The van der Waals surface area contributed by atoms with Gasteiger partial charge >= 0.3 is 6.18 Å². The molecule has 0 aliphatic heterocycles. The number of rotatable bonds is 6. The van der Waals surface area contributed by atoms with Crippen molar-refractivity contribution in [3.8, 4) is 5.75 Å². The standard InChI is InChI=1S/C14H20F3NO/c1-10-5-6-13(19)12(9-10)11(2)18-8-4-3-7-14(15,16)17/h5-6,9,11,18-19H,3-4,7-8H2,1-2H3. The second-order valence-electron chi connectivity index (χ2n) is 4.81. The van der Waals surface area contributed by atoms with Crippen LogP contribution in [-0.2, 0) is 0 Å². The molecule has 19 heavy (non-hydrogen) atoms. The van der Waals surface area contributed by atoms with Crippen LogP contribution in [0.2, 0.25) is 0 Å². The first-order valence-corrected chi connectivity index (χ1v) is 6.39. The Kier molecular flexibility index (Phi) is 5.66. The van der Waals surface area contributed by atoms with Gasteiger partial charge in [-0.25, -0.2) is 0 Å². The summed E-state index contributed by atoms with van der Waals surface area (Å²) in [4.78, 5) is 0. The number of alkyl halides is 3. The molecule has 0 heterocycles. The van der Waals surface area contributed by atoms with Gasteiger partial charge in [0.1, 0.15) is 5.75 Å². The third-order valence-corrected chi connectivity index (χ3v) is 2.99. The molecule has 0 saturated carbocycles. The lowest BCUT2D eigenvalue weighted by Crippen LogP contribution is -2.20. The van der Waals surface area contributed by atoms with Crippen LogP contribution in [0.15, 0.2) is 18.2 Å². The predicted molar refractivity (Wildman–Crippen MR) is 69.2 cm³/mol. The van der Waals surface area contributed by atoms with E-state index in [1.165, 1.54) is 0 Å². The normalized spacial score (nSPS) is 13.5. The number of phenols is 1. The zero-order valence-corrected chi connectivity index (χ0v) is 11.2. The first-order chi connectivity index (χ1) is 8.79. The van der Waals surface area contributed by atoms with Crippen LogP contribution in [0.3, 0.4) is 0 Å². The fourth-order valence-corrected chi connectivity index (χ4v) is 1.90. The van der Waals surface area contributed by atoms with E-state index < -0.39 is 12.6 Å². The van der Waals surface area contributed by atoms with Gasteiger partial charge in [-0.15, -0.1) is 0 Å². The molecule has 0 saturated heterocycles. The molecule has 0 aliphatic rings. The molecule has 0 fully saturated rings. The Morgan fingerprint density at radius 2 is 1.95 bits per heavy atom. The summed E-state index contributed by atoms with van der Waals surface area (Å²) in [5.74, 6) is 0.209. The fourth-order valence-electron chi connectivity index (χ4n) is 1.90. The van der Waals surface area contributed by atoms with E-state index in [2.05, 4.69) is 5.32 Å². The van der Waals surface area contributed by atoms with Gasteiger partial charge in [0.05, 0.1) is 0 Å². The molecule has 2 N–H and O–H groups in total. The van der Waals surface area contributed by atoms with E-state index in [-0.39, 0.29) is 18.2 Å². The molecule has 0 bridgehead atoms. The van der Waals surface area contributed by atoms with Gasteiger partial charge in [-0.05, 0) is 39.3 Å². The monoisotopic (exact) mass is 275 g/mol. The zero-order chi connectivity index (χ0) is 14.5. The van der Waals surface area contributed by atoms with Crippen molar-refractivity contribution >= 4 is 0 Å². The number of benzene rings is 1. The van der Waals surface area contributed by atoms with Gasteiger partial charge in [-0.2, -0.15) is 13.2 Å². The predicted octanol–water partition coefficient (Wildman–Crippen LogP) is 4.08. The average molecular weight is 275 g/mol. The molecular weight excluding hydrogens is 255 g/mol. The topological polar surface area (TPSA) is 32.3 Å². The average Bonchev–Trinajstić information content (AvgIpc) is 2.30. The van der Waals surface area contributed by atoms with Crippen molar-refractivity contribution in [1.29, 1.82) is 0 Å². The van der Waals surface area contributed by atoms with Crippen molar-refractivity contribution in [3.63, 3.8) is 0 Å². The van der Waals surface area contributed by atoms with Crippen molar-refractivity contribution in [2.24, 2.45) is 0 Å². The SMILES string of the molecule is Cc1ccc(O)c(C(C)NCCCCC(F)(F)F)c1. The molecule has 0 radical (unpaired) electrons. The lowest BCUT2D eigenvalue weighted by molar-refractivity contribution is -0.135. The molecule has 108 valence electrons. The number of halogens is 3. The molecule has 1 unspecified atom stereocenters. The second-order valence-corrected chi connectivity index (χ2v) is 4.81. The summed E-state index contributed by atoms with van der Waals surface area (Å²) >= 11 is 0. The summed E-state index contributed by atoms with van der Waals surface area (Å²) < 4.78 is 35.9. The van der Waals surface area contributed by atoms with Gasteiger partial charge in [-0.3, -0.25) is 0 Å². The molecule has 1 aromatic rings. The summed E-state index contributed by atoms with van der Waals surface area (Å²) in [6.07, 6.45) is -4.21. The molecule has 1 rings (SSSR count). The lowest BCUT2D eigenvalue weighted by atomic mass is 10.0. The molecule has 1 atom stereocenters. The van der Waals surface area contributed by atoms with Gasteiger partial charge in [0.2, 0.25) is 0 Å². The number of aryl methyl sites for hydroxylation is 1. The van der Waals surface area contributed by atoms with Crippen LogP contribution in [0.25, 0.3) is 0 Å². The van der Waals surface area contributed by atoms with E-state index in [9.17, 15) is 18.3 Å². The highest BCUT2D eigenvalue weighted by molar-refractivity contribution is 5.37. The lowest BCUT2D eigenvalue weighted by Gasteiger charge is -2.16. The molecule has 0 aromatic heterocycles. The minimum absolute atomic E-state index is 0.0780. The highest BCUT2D eigenvalue weighted by Crippen LogP contribution is 2.25. The van der Waals surface area contributed by atoms with E-state index in [0.29, 0.717) is 13.0 Å². The van der Waals surface area contributed by atoms with Crippen molar-refractivity contribution in [2.75, 3.05) is 6.54 Å². The number of hydrogen-bond donors (Lipinski definition) is 2. The molecule has 1 aromatic carbocycles. The van der Waals surface area contributed by atoms with Crippen LogP contribution in [0, 0.1) is 6.92 Å². The smallest absolute Gasteiger partial charge is 0.389 e. The van der Waals surface area contributed by atoms with Crippen LogP contribution in [0.5, 0.6) is 5.75 Å². The summed E-state index contributed by atoms with van der Waals surface area (Å²) in [6, 6.07) is 5.25. The van der Waals surface area contributed by atoms with E-state index in [0.717, 1.165) is 11.1 Å². The van der Waals surface area contributed by atoms with E-state index in [4.69, 9.17) is 0 Å². The van der Waals surface area contributed by atoms with Gasteiger partial charge in [0.15, 0.2) is 0 Å². The number of phenolic OH excluding ortho intramolecular Hbond substituents is 1. The maximum Gasteiger partial charge on any atom is 0.389 e. The quantitative estimate of drug-likeness (QED) is 0.767. The first kappa shape index (κ1) is 15.8. The third-order valence-electron chi connectivity index (χ3n) is 2.99. The highest BCUT2D eigenvalue weighted by Gasteiger charge is 2.25. The van der Waals surface area contributed by atoms with E-state index in [1.54, 1.807) is 6.07 Å². The largest absolute Gasteiger partial charge is 0.508 e. The minimum atomic E-state index is -4.07. The number of unbranched alkanes of at least 4 members (excludes halogenated alkanes) is 1. The Morgan fingerprint density at radius 3 is 2.58 bits per heavy atom. The number of aromatic hydroxyl groups is 1. The summed E-state index contributed by atoms with van der Waals surface area (Å²) in [7, 11) is 0. The summed E-state index contributed by atoms with van der Waals surface area (Å²) in [5, 5.41) is 12.9. The zero-order valence-electron chi connectivity index (χ0n) is 11.2. The van der Waals surface area contributed by atoms with Crippen LogP contribution in [-0.4, -0.2) is 17.8 Å². The van der Waals surface area contributed by atoms with Crippen molar-refractivity contribution in [2.45, 2.75) is 45.3 Å². The molecule has 2 nitrogen and oxygen atoms in total. The number of nitrogens with one attached hydrogen (secondary N) is 1. The third kappa shape index (κ3) is 5.96. The Labute approximate surface area is 111 Å². The molecule has 0 spiro atoms. The van der Waals surface area contributed by atoms with E-state index >= 15 is 0 Å². The Morgan fingerprint density at radius 1 is 1.26 bits per heavy atom. The van der Waals surface area contributed by atoms with Gasteiger partial charge in [0, 0.05) is 18.0 Å². The minimum Gasteiger partial charge on any atom is -0.508 e. The van der Waals surface area contributed by atoms with Crippen LogP contribution in [0.1, 0.15) is 43.4 Å². The maximum absolute atomic E-state index is 12.0. The van der Waals surface area contributed by atoms with Crippen molar-refractivity contribution in [3.05, 3.63) is 29.3 Å². The first-order valence-electron chi connectivity index (χ1n) is 6.39. The van der Waals surface area contributed by atoms with Gasteiger partial charge in [-0.1, -0.05) is 17.7 Å². The Bertz CT molecular complexity index is 404. The second kappa shape index (κ2) is 6.80. The Hall–Kier alpha value is -1.23. The van der Waals surface area contributed by atoms with Crippen LogP contribution < -0.4 is 5.32 Å². The Balaban J connectivity index is 2.35. The van der Waals surface area contributed by atoms with Crippen LogP contribution in [0.4, 0.5) is 13.2 Å². The summed E-state index contributed by atoms with van der Waals surface area (Å²) in [6.45, 7) is 4.32. The van der Waals surface area contributed by atoms with Gasteiger partial charge in [0.25, 0.3) is 0 Å². The van der Waals surface area contributed by atoms with Gasteiger partial charge < -0.3 is 10.4 Å². The van der Waals surface area contributed by atoms with Crippen LogP contribution >= 0.6 is 0 Å². The van der Waals surface area contributed by atoms with E-state index in [1.807, 2.05) is 26.0 Å². The maximum atomic E-state index is 12.0. The highest BCUT2D eigenvalue weighted by atomic mass is 19.4. The molecular formula is C14H20F3NO. The van der Waals surface area contributed by atoms with Crippen molar-refractivity contribution in [1.82, 2.24) is 5.32 Å². The molecule has 0 aliphatic carbocycles. The van der Waals surface area contributed by atoms with Crippen molar-refractivity contribution < 1.29 is 18.3 Å². The summed E-state index contributed by atoms with van der Waals surface area (Å²) in [5.41, 5.74) is 1.81. The fraction of sp³-hybridized carbons (Fsp3) is 0.571. The molecule has 0 amide bonds. The number of hydrogen-bond acceptors (Lipinski definition) is 2. The molecule has 5 heteroatoms.